The van der Waals surface area contributed by atoms with Crippen molar-refractivity contribution in [3.63, 3.8) is 0 Å². The molecule has 0 radical (unpaired) electrons. The van der Waals surface area contributed by atoms with Gasteiger partial charge in [-0.05, 0) is 30.7 Å². The van der Waals surface area contributed by atoms with Crippen LogP contribution in [0.3, 0.4) is 0 Å². The molecule has 0 bridgehead atoms. The highest BCUT2D eigenvalue weighted by Crippen LogP contribution is 2.24. The zero-order valence-electron chi connectivity index (χ0n) is 15.4. The maximum Gasteiger partial charge on any atom is 0.338 e. The molecule has 27 heavy (non-hydrogen) atoms. The van der Waals surface area contributed by atoms with Crippen molar-refractivity contribution in [3.8, 4) is 0 Å². The minimum atomic E-state index is -0.315. The number of guanidine groups is 1. The number of hydrogen-bond acceptors (Lipinski definition) is 3. The number of carbonyl (C=O) groups excluding carboxylic acids is 1. The average molecular weight is 525 g/mol. The smallest absolute Gasteiger partial charge is 0.338 e. The SMILES string of the molecule is CCOC(=O)c1ccc(CNC(=NC)NCc2cc(Cl)c(Cl)n2C)cc1.I. The number of ether oxygens (including phenoxy) is 1. The van der Waals surface area contributed by atoms with Crippen LogP contribution in [-0.2, 0) is 24.9 Å². The van der Waals surface area contributed by atoms with Crippen LogP contribution in [0.15, 0.2) is 35.3 Å². The van der Waals surface area contributed by atoms with Gasteiger partial charge in [-0.15, -0.1) is 24.0 Å². The van der Waals surface area contributed by atoms with Gasteiger partial charge in [-0.3, -0.25) is 4.99 Å². The predicted molar refractivity (Wildman–Crippen MR) is 120 cm³/mol. The molecule has 0 amide bonds. The highest BCUT2D eigenvalue weighted by molar-refractivity contribution is 14.0. The molecule has 0 saturated heterocycles. The van der Waals surface area contributed by atoms with Gasteiger partial charge in [0.2, 0.25) is 0 Å². The molecule has 148 valence electrons. The molecule has 9 heteroatoms. The van der Waals surface area contributed by atoms with E-state index in [1.54, 1.807) is 26.1 Å². The third-order valence-corrected chi connectivity index (χ3v) is 4.64. The summed E-state index contributed by atoms with van der Waals surface area (Å²) in [4.78, 5) is 15.8. The summed E-state index contributed by atoms with van der Waals surface area (Å²) in [7, 11) is 3.55. The van der Waals surface area contributed by atoms with Crippen molar-refractivity contribution in [2.45, 2.75) is 20.0 Å². The minimum Gasteiger partial charge on any atom is -0.462 e. The Bertz CT molecular complexity index is 791. The first-order chi connectivity index (χ1) is 12.5. The number of aliphatic imine (C=N–C) groups is 1. The zero-order chi connectivity index (χ0) is 19.1. The molecular weight excluding hydrogens is 502 g/mol. The normalized spacial score (nSPS) is 10.9. The maximum absolute atomic E-state index is 11.7. The van der Waals surface area contributed by atoms with Crippen LogP contribution in [0, 0.1) is 0 Å². The fourth-order valence-electron chi connectivity index (χ4n) is 2.31. The summed E-state index contributed by atoms with van der Waals surface area (Å²) in [5, 5.41) is 7.46. The van der Waals surface area contributed by atoms with Crippen LogP contribution in [0.5, 0.6) is 0 Å². The predicted octanol–water partition coefficient (Wildman–Crippen LogP) is 3.99. The molecule has 0 saturated carbocycles. The zero-order valence-corrected chi connectivity index (χ0v) is 19.2. The molecule has 0 atom stereocenters. The van der Waals surface area contributed by atoms with E-state index < -0.39 is 0 Å². The van der Waals surface area contributed by atoms with Gasteiger partial charge in [-0.2, -0.15) is 0 Å². The number of halogens is 3. The maximum atomic E-state index is 11.7. The van der Waals surface area contributed by atoms with Gasteiger partial charge in [0, 0.05) is 26.3 Å². The Balaban J connectivity index is 0.00000364. The highest BCUT2D eigenvalue weighted by atomic mass is 127. The molecule has 1 heterocycles. The van der Waals surface area contributed by atoms with Crippen molar-refractivity contribution in [1.82, 2.24) is 15.2 Å². The Morgan fingerprint density at radius 2 is 1.81 bits per heavy atom. The van der Waals surface area contributed by atoms with Crippen molar-refractivity contribution in [1.29, 1.82) is 0 Å². The summed E-state index contributed by atoms with van der Waals surface area (Å²) in [6.45, 7) is 3.25. The number of aromatic nitrogens is 1. The lowest BCUT2D eigenvalue weighted by molar-refractivity contribution is 0.0526. The first kappa shape index (κ1) is 23.6. The number of hydrogen-bond donors (Lipinski definition) is 2. The summed E-state index contributed by atoms with van der Waals surface area (Å²) in [5.41, 5.74) is 2.50. The molecule has 2 rings (SSSR count). The van der Waals surface area contributed by atoms with Crippen LogP contribution in [0.25, 0.3) is 0 Å². The van der Waals surface area contributed by atoms with Crippen LogP contribution in [-0.4, -0.2) is 30.2 Å². The molecule has 0 aliphatic rings. The molecule has 2 N–H and O–H groups in total. The van der Waals surface area contributed by atoms with Crippen LogP contribution in [0.4, 0.5) is 0 Å². The fourth-order valence-corrected chi connectivity index (χ4v) is 2.73. The molecule has 0 aliphatic carbocycles. The molecule has 0 fully saturated rings. The van der Waals surface area contributed by atoms with Gasteiger partial charge in [-0.1, -0.05) is 35.3 Å². The molecule has 2 aromatic rings. The van der Waals surface area contributed by atoms with E-state index in [1.807, 2.05) is 29.8 Å². The minimum absolute atomic E-state index is 0. The lowest BCUT2D eigenvalue weighted by Gasteiger charge is -2.13. The summed E-state index contributed by atoms with van der Waals surface area (Å²) < 4.78 is 6.79. The molecule has 6 nitrogen and oxygen atoms in total. The van der Waals surface area contributed by atoms with E-state index in [4.69, 9.17) is 27.9 Å². The van der Waals surface area contributed by atoms with E-state index in [0.717, 1.165) is 11.3 Å². The first-order valence-electron chi connectivity index (χ1n) is 8.16. The summed E-state index contributed by atoms with van der Waals surface area (Å²) in [5.74, 6) is 0.331. The average Bonchev–Trinajstić information content (AvgIpc) is 2.89. The highest BCUT2D eigenvalue weighted by Gasteiger charge is 2.09. The number of benzene rings is 1. The fraction of sp³-hybridized carbons (Fsp3) is 0.333. The van der Waals surface area contributed by atoms with Crippen molar-refractivity contribution in [2.75, 3.05) is 13.7 Å². The number of rotatable bonds is 6. The Morgan fingerprint density at radius 3 is 2.33 bits per heavy atom. The summed E-state index contributed by atoms with van der Waals surface area (Å²) >= 11 is 12.1. The van der Waals surface area contributed by atoms with Gasteiger partial charge in [0.05, 0.1) is 23.7 Å². The van der Waals surface area contributed by atoms with Crippen LogP contribution in [0.1, 0.15) is 28.5 Å². The lowest BCUT2D eigenvalue weighted by Crippen LogP contribution is -2.36. The third kappa shape index (κ3) is 6.58. The van der Waals surface area contributed by atoms with E-state index >= 15 is 0 Å². The number of nitrogens with zero attached hydrogens (tertiary/aromatic N) is 2. The molecule has 0 aliphatic heterocycles. The topological polar surface area (TPSA) is 67.7 Å². The van der Waals surface area contributed by atoms with E-state index in [-0.39, 0.29) is 29.9 Å². The van der Waals surface area contributed by atoms with Gasteiger partial charge in [-0.25, -0.2) is 4.79 Å². The Morgan fingerprint density at radius 1 is 1.19 bits per heavy atom. The lowest BCUT2D eigenvalue weighted by atomic mass is 10.1. The van der Waals surface area contributed by atoms with E-state index in [1.165, 1.54) is 0 Å². The van der Waals surface area contributed by atoms with Gasteiger partial charge in [0.25, 0.3) is 0 Å². The number of carbonyl (C=O) groups is 1. The van der Waals surface area contributed by atoms with Crippen molar-refractivity contribution in [2.24, 2.45) is 12.0 Å². The Kier molecular flexibility index (Phi) is 9.97. The number of nitrogens with one attached hydrogen (secondary N) is 2. The largest absolute Gasteiger partial charge is 0.462 e. The first-order valence-corrected chi connectivity index (χ1v) is 8.92. The van der Waals surface area contributed by atoms with Gasteiger partial charge in [0.1, 0.15) is 5.15 Å². The van der Waals surface area contributed by atoms with Crippen LogP contribution >= 0.6 is 47.2 Å². The van der Waals surface area contributed by atoms with E-state index in [9.17, 15) is 4.79 Å². The van der Waals surface area contributed by atoms with Gasteiger partial charge < -0.3 is 19.9 Å². The molecule has 1 aromatic carbocycles. The molecule has 0 unspecified atom stereocenters. The van der Waals surface area contributed by atoms with E-state index in [2.05, 4.69) is 15.6 Å². The molecule has 0 spiro atoms. The standard InChI is InChI=1S/C18H22Cl2N4O2.HI/c1-4-26-17(25)13-7-5-12(6-8-13)10-22-18(21-2)23-11-14-9-15(19)16(20)24(14)3;/h5-9H,4,10-11H2,1-3H3,(H2,21,22,23);1H. The monoisotopic (exact) mass is 524 g/mol. The van der Waals surface area contributed by atoms with Crippen molar-refractivity contribution in [3.05, 3.63) is 57.3 Å². The molecule has 1 aromatic heterocycles. The quantitative estimate of drug-likeness (QED) is 0.259. The van der Waals surface area contributed by atoms with Gasteiger partial charge in [0.15, 0.2) is 5.96 Å². The molecular formula is C18H23Cl2IN4O2. The van der Waals surface area contributed by atoms with Gasteiger partial charge >= 0.3 is 5.97 Å². The summed E-state index contributed by atoms with van der Waals surface area (Å²) in [6, 6.07) is 9.07. The van der Waals surface area contributed by atoms with Crippen molar-refractivity contribution < 1.29 is 9.53 Å². The Hall–Kier alpha value is -1.45. The second-order valence-electron chi connectivity index (χ2n) is 5.53. The second kappa shape index (κ2) is 11.4. The van der Waals surface area contributed by atoms with Crippen LogP contribution < -0.4 is 10.6 Å². The van der Waals surface area contributed by atoms with Crippen molar-refractivity contribution >= 4 is 59.1 Å². The summed E-state index contributed by atoms with van der Waals surface area (Å²) in [6.07, 6.45) is 0. The van der Waals surface area contributed by atoms with Crippen LogP contribution in [0.2, 0.25) is 10.2 Å². The number of esters is 1. The third-order valence-electron chi connectivity index (χ3n) is 3.80. The Labute approximate surface area is 186 Å². The van der Waals surface area contributed by atoms with E-state index in [0.29, 0.717) is 41.4 Å². The second-order valence-corrected chi connectivity index (χ2v) is 6.30.